The number of hydrogen-bond donors (Lipinski definition) is 1. The second kappa shape index (κ2) is 6.14. The smallest absolute Gasteiger partial charge is 0.308 e. The number of hydrogen-bond acceptors (Lipinski definition) is 4. The molecule has 1 aliphatic rings. The summed E-state index contributed by atoms with van der Waals surface area (Å²) in [6, 6.07) is 10.7. The van der Waals surface area contributed by atoms with Crippen LogP contribution in [-0.2, 0) is 9.59 Å². The van der Waals surface area contributed by atoms with Crippen LogP contribution in [0.5, 0.6) is 0 Å². The predicted octanol–water partition coefficient (Wildman–Crippen LogP) is 3.89. The number of aromatic nitrogens is 1. The summed E-state index contributed by atoms with van der Waals surface area (Å²) in [6.45, 7) is 2.05. The average Bonchev–Trinajstić information content (AvgIpc) is 3.18. The molecule has 1 saturated heterocycles. The van der Waals surface area contributed by atoms with Crippen molar-refractivity contribution in [3.63, 3.8) is 0 Å². The van der Waals surface area contributed by atoms with E-state index in [-0.39, 0.29) is 18.9 Å². The molecule has 1 N–H and O–H groups in total. The van der Waals surface area contributed by atoms with E-state index in [2.05, 4.69) is 4.98 Å². The Balaban J connectivity index is 1.74. The number of aryl methyl sites for hydroxylation is 1. The highest BCUT2D eigenvalue weighted by Gasteiger charge is 2.35. The second-order valence-corrected chi connectivity index (χ2v) is 6.81. The highest BCUT2D eigenvalue weighted by atomic mass is 35.5. The van der Waals surface area contributed by atoms with Crippen molar-refractivity contribution in [3.05, 3.63) is 47.0 Å². The molecule has 0 radical (unpaired) electrons. The van der Waals surface area contributed by atoms with Crippen molar-refractivity contribution in [2.45, 2.75) is 13.3 Å². The average molecular weight is 371 g/mol. The molecule has 2 aromatic carbocycles. The number of benzene rings is 2. The Bertz CT molecular complexity index is 1040. The SMILES string of the molecule is Cc1ccc(-c2nc3cc(Cl)ccc3o2)cc1N1C[C@@H](C(=O)O)CC1=O. The number of carbonyl (C=O) groups is 2. The molecule has 1 aliphatic heterocycles. The molecule has 26 heavy (non-hydrogen) atoms. The van der Waals surface area contributed by atoms with Gasteiger partial charge in [-0.3, -0.25) is 9.59 Å². The van der Waals surface area contributed by atoms with Gasteiger partial charge < -0.3 is 14.4 Å². The van der Waals surface area contributed by atoms with E-state index in [1.165, 1.54) is 4.90 Å². The maximum atomic E-state index is 12.3. The van der Waals surface area contributed by atoms with Crippen LogP contribution in [0.25, 0.3) is 22.6 Å². The molecule has 2 heterocycles. The van der Waals surface area contributed by atoms with Crippen LogP contribution in [0.4, 0.5) is 5.69 Å². The number of nitrogens with zero attached hydrogens (tertiary/aromatic N) is 2. The standard InChI is InChI=1S/C19H15ClN2O4/c1-10-2-3-11(18-21-14-8-13(20)4-5-16(14)26-18)6-15(10)22-9-12(19(24)25)7-17(22)23/h2-6,8,12H,7,9H2,1H3,(H,24,25)/t12-/m0/s1. The fraction of sp³-hybridized carbons (Fsp3) is 0.211. The van der Waals surface area contributed by atoms with Crippen molar-refractivity contribution in [3.8, 4) is 11.5 Å². The molecule has 0 saturated carbocycles. The lowest BCUT2D eigenvalue weighted by molar-refractivity contribution is -0.141. The van der Waals surface area contributed by atoms with Crippen LogP contribution in [0.2, 0.25) is 5.02 Å². The summed E-state index contributed by atoms with van der Waals surface area (Å²) in [5, 5.41) is 9.76. The van der Waals surface area contributed by atoms with E-state index in [0.29, 0.717) is 33.3 Å². The number of carbonyl (C=O) groups excluding carboxylic acids is 1. The molecular formula is C19H15ClN2O4. The van der Waals surface area contributed by atoms with Gasteiger partial charge in [0.25, 0.3) is 0 Å². The van der Waals surface area contributed by atoms with E-state index in [0.717, 1.165) is 5.56 Å². The van der Waals surface area contributed by atoms with Gasteiger partial charge in [-0.05, 0) is 42.8 Å². The Hall–Kier alpha value is -2.86. The van der Waals surface area contributed by atoms with Crippen LogP contribution in [-0.4, -0.2) is 28.5 Å². The minimum atomic E-state index is -0.953. The van der Waals surface area contributed by atoms with Gasteiger partial charge in [-0.15, -0.1) is 0 Å². The number of amides is 1. The molecule has 7 heteroatoms. The maximum Gasteiger partial charge on any atom is 0.308 e. The van der Waals surface area contributed by atoms with Crippen molar-refractivity contribution >= 4 is 40.3 Å². The Morgan fingerprint density at radius 3 is 2.85 bits per heavy atom. The summed E-state index contributed by atoms with van der Waals surface area (Å²) < 4.78 is 5.79. The highest BCUT2D eigenvalue weighted by Crippen LogP contribution is 2.33. The van der Waals surface area contributed by atoms with Crippen molar-refractivity contribution in [2.75, 3.05) is 11.4 Å². The fourth-order valence-electron chi connectivity index (χ4n) is 3.16. The van der Waals surface area contributed by atoms with Gasteiger partial charge in [0, 0.05) is 29.2 Å². The molecular weight excluding hydrogens is 356 g/mol. The summed E-state index contributed by atoms with van der Waals surface area (Å²) in [5.74, 6) is -1.41. The number of carboxylic acids is 1. The first-order valence-electron chi connectivity index (χ1n) is 8.12. The zero-order valence-electron chi connectivity index (χ0n) is 13.9. The Morgan fingerprint density at radius 1 is 1.31 bits per heavy atom. The molecule has 1 aromatic heterocycles. The summed E-state index contributed by atoms with van der Waals surface area (Å²) >= 11 is 5.99. The largest absolute Gasteiger partial charge is 0.481 e. The van der Waals surface area contributed by atoms with Gasteiger partial charge in [-0.2, -0.15) is 0 Å². The second-order valence-electron chi connectivity index (χ2n) is 6.38. The fourth-order valence-corrected chi connectivity index (χ4v) is 3.33. The third-order valence-electron chi connectivity index (χ3n) is 4.57. The molecule has 3 aromatic rings. The Kier molecular flexibility index (Phi) is 3.92. The number of carboxylic acid groups (broad SMARTS) is 1. The zero-order valence-corrected chi connectivity index (χ0v) is 14.7. The van der Waals surface area contributed by atoms with Crippen LogP contribution in [0.15, 0.2) is 40.8 Å². The first-order valence-corrected chi connectivity index (χ1v) is 8.50. The minimum absolute atomic E-state index is 0.0143. The number of fused-ring (bicyclic) bond motifs is 1. The van der Waals surface area contributed by atoms with Crippen LogP contribution in [0.1, 0.15) is 12.0 Å². The van der Waals surface area contributed by atoms with Crippen molar-refractivity contribution in [2.24, 2.45) is 5.92 Å². The maximum absolute atomic E-state index is 12.3. The molecule has 4 rings (SSSR count). The van der Waals surface area contributed by atoms with E-state index >= 15 is 0 Å². The molecule has 0 aliphatic carbocycles. The quantitative estimate of drug-likeness (QED) is 0.756. The lowest BCUT2D eigenvalue weighted by Gasteiger charge is -2.19. The molecule has 1 fully saturated rings. The van der Waals surface area contributed by atoms with E-state index in [4.69, 9.17) is 16.0 Å². The van der Waals surface area contributed by atoms with Gasteiger partial charge in [-0.1, -0.05) is 17.7 Å². The van der Waals surface area contributed by atoms with Crippen molar-refractivity contribution < 1.29 is 19.1 Å². The van der Waals surface area contributed by atoms with Crippen LogP contribution in [0, 0.1) is 12.8 Å². The summed E-state index contributed by atoms with van der Waals surface area (Å²) in [5.41, 5.74) is 3.54. The third-order valence-corrected chi connectivity index (χ3v) is 4.81. The van der Waals surface area contributed by atoms with Gasteiger partial charge in [0.05, 0.1) is 5.92 Å². The van der Waals surface area contributed by atoms with Crippen LogP contribution in [0.3, 0.4) is 0 Å². The molecule has 0 spiro atoms. The van der Waals surface area contributed by atoms with Crippen LogP contribution >= 0.6 is 11.6 Å². The van der Waals surface area contributed by atoms with E-state index in [9.17, 15) is 14.7 Å². The molecule has 0 unspecified atom stereocenters. The number of halogens is 1. The third kappa shape index (κ3) is 2.82. The van der Waals surface area contributed by atoms with Gasteiger partial charge in [0.2, 0.25) is 11.8 Å². The highest BCUT2D eigenvalue weighted by molar-refractivity contribution is 6.31. The first kappa shape index (κ1) is 16.6. The van der Waals surface area contributed by atoms with Gasteiger partial charge in [-0.25, -0.2) is 4.98 Å². The summed E-state index contributed by atoms with van der Waals surface area (Å²) in [7, 11) is 0. The number of rotatable bonds is 3. The zero-order chi connectivity index (χ0) is 18.4. The summed E-state index contributed by atoms with van der Waals surface area (Å²) in [6.07, 6.45) is 0.0143. The number of anilines is 1. The first-order chi connectivity index (χ1) is 12.4. The predicted molar refractivity (Wildman–Crippen MR) is 97.3 cm³/mol. The topological polar surface area (TPSA) is 83.6 Å². The lowest BCUT2D eigenvalue weighted by Crippen LogP contribution is -2.26. The molecule has 0 bridgehead atoms. The van der Waals surface area contributed by atoms with E-state index in [1.807, 2.05) is 25.1 Å². The number of oxazole rings is 1. The number of aliphatic carboxylic acids is 1. The van der Waals surface area contributed by atoms with Crippen molar-refractivity contribution in [1.82, 2.24) is 4.98 Å². The summed E-state index contributed by atoms with van der Waals surface area (Å²) in [4.78, 5) is 29.5. The molecule has 1 amide bonds. The van der Waals surface area contributed by atoms with Gasteiger partial charge in [0.15, 0.2) is 5.58 Å². The van der Waals surface area contributed by atoms with Crippen LogP contribution < -0.4 is 4.90 Å². The van der Waals surface area contributed by atoms with Gasteiger partial charge >= 0.3 is 5.97 Å². The molecule has 132 valence electrons. The molecule has 6 nitrogen and oxygen atoms in total. The van der Waals surface area contributed by atoms with E-state index < -0.39 is 11.9 Å². The van der Waals surface area contributed by atoms with Crippen molar-refractivity contribution in [1.29, 1.82) is 0 Å². The monoisotopic (exact) mass is 370 g/mol. The Labute approximate surface area is 154 Å². The van der Waals surface area contributed by atoms with E-state index in [1.54, 1.807) is 18.2 Å². The van der Waals surface area contributed by atoms with Gasteiger partial charge in [0.1, 0.15) is 5.52 Å². The Morgan fingerprint density at radius 2 is 2.12 bits per heavy atom. The normalized spacial score (nSPS) is 17.2. The lowest BCUT2D eigenvalue weighted by atomic mass is 10.1. The minimum Gasteiger partial charge on any atom is -0.481 e. The molecule has 1 atom stereocenters.